The van der Waals surface area contributed by atoms with Crippen LogP contribution in [0.5, 0.6) is 0 Å². The van der Waals surface area contributed by atoms with E-state index in [2.05, 4.69) is 66.9 Å². The van der Waals surface area contributed by atoms with Gasteiger partial charge in [-0.05, 0) is 31.2 Å². The van der Waals surface area contributed by atoms with Crippen molar-refractivity contribution in [1.29, 1.82) is 0 Å². The molecule has 2 unspecified atom stereocenters. The van der Waals surface area contributed by atoms with Gasteiger partial charge in [0.2, 0.25) is 0 Å². The van der Waals surface area contributed by atoms with E-state index in [1.807, 2.05) is 18.8 Å². The quantitative estimate of drug-likeness (QED) is 0.642. The van der Waals surface area contributed by atoms with Gasteiger partial charge in [0.25, 0.3) is 0 Å². The molecule has 1 rings (SSSR count). The molecule has 0 saturated heterocycles. The Labute approximate surface area is 121 Å². The van der Waals surface area contributed by atoms with E-state index < -0.39 is 0 Å². The summed E-state index contributed by atoms with van der Waals surface area (Å²) in [6, 6.07) is 8.69. The molecule has 0 amide bonds. The maximum absolute atomic E-state index is 4.27. The van der Waals surface area contributed by atoms with Gasteiger partial charge < -0.3 is 10.6 Å². The first kappa shape index (κ1) is 15.9. The number of hydrogen-bond donors (Lipinski definition) is 2. The van der Waals surface area contributed by atoms with Crippen molar-refractivity contribution in [2.75, 3.05) is 19.8 Å². The second-order valence-corrected chi connectivity index (χ2v) is 6.00. The van der Waals surface area contributed by atoms with Crippen LogP contribution < -0.4 is 10.6 Å². The summed E-state index contributed by atoms with van der Waals surface area (Å²) in [7, 11) is 1.81. The third kappa shape index (κ3) is 5.15. The number of aryl methyl sites for hydroxylation is 1. The number of rotatable bonds is 5. The number of thioether (sulfide) groups is 1. The molecule has 4 heteroatoms. The second kappa shape index (κ2) is 8.10. The van der Waals surface area contributed by atoms with E-state index in [1.165, 1.54) is 11.1 Å². The van der Waals surface area contributed by atoms with Gasteiger partial charge in [-0.2, -0.15) is 11.8 Å². The van der Waals surface area contributed by atoms with Crippen LogP contribution in [0, 0.1) is 6.92 Å². The monoisotopic (exact) mass is 279 g/mol. The van der Waals surface area contributed by atoms with E-state index in [4.69, 9.17) is 0 Å². The first-order valence-electron chi connectivity index (χ1n) is 6.64. The number of benzene rings is 1. The SMILES string of the molecule is CN=C(NCC(C)SC)NC(C)c1ccccc1C. The van der Waals surface area contributed by atoms with Crippen molar-refractivity contribution in [3.05, 3.63) is 35.4 Å². The van der Waals surface area contributed by atoms with Gasteiger partial charge in [0.15, 0.2) is 5.96 Å². The molecule has 0 radical (unpaired) electrons. The molecule has 0 aliphatic rings. The Morgan fingerprint density at radius 1 is 1.32 bits per heavy atom. The Balaban J connectivity index is 2.59. The molecule has 0 heterocycles. The topological polar surface area (TPSA) is 36.4 Å². The lowest BCUT2D eigenvalue weighted by atomic mass is 10.0. The molecule has 0 fully saturated rings. The molecule has 0 aromatic heterocycles. The van der Waals surface area contributed by atoms with Crippen LogP contribution >= 0.6 is 11.8 Å². The smallest absolute Gasteiger partial charge is 0.191 e. The second-order valence-electron chi connectivity index (χ2n) is 4.72. The summed E-state index contributed by atoms with van der Waals surface area (Å²) < 4.78 is 0. The Hall–Kier alpha value is -1.16. The van der Waals surface area contributed by atoms with Crippen molar-refractivity contribution in [2.24, 2.45) is 4.99 Å². The third-order valence-electron chi connectivity index (χ3n) is 3.19. The van der Waals surface area contributed by atoms with Crippen LogP contribution in [0.4, 0.5) is 0 Å². The largest absolute Gasteiger partial charge is 0.355 e. The molecule has 1 aromatic rings. The van der Waals surface area contributed by atoms with Crippen molar-refractivity contribution in [3.8, 4) is 0 Å². The number of hydrogen-bond acceptors (Lipinski definition) is 2. The van der Waals surface area contributed by atoms with E-state index in [1.54, 1.807) is 0 Å². The highest BCUT2D eigenvalue weighted by Gasteiger charge is 2.10. The predicted molar refractivity (Wildman–Crippen MR) is 87.1 cm³/mol. The summed E-state index contributed by atoms with van der Waals surface area (Å²) in [5, 5.41) is 7.37. The van der Waals surface area contributed by atoms with Gasteiger partial charge in [-0.1, -0.05) is 31.2 Å². The summed E-state index contributed by atoms with van der Waals surface area (Å²) in [5.74, 6) is 0.858. The lowest BCUT2D eigenvalue weighted by Gasteiger charge is -2.20. The zero-order valence-electron chi connectivity index (χ0n) is 12.5. The van der Waals surface area contributed by atoms with Gasteiger partial charge in [0.1, 0.15) is 0 Å². The van der Waals surface area contributed by atoms with Gasteiger partial charge in [0, 0.05) is 18.8 Å². The fourth-order valence-electron chi connectivity index (χ4n) is 1.87. The highest BCUT2D eigenvalue weighted by molar-refractivity contribution is 7.99. The van der Waals surface area contributed by atoms with Gasteiger partial charge in [0.05, 0.1) is 6.04 Å². The molecule has 0 aliphatic carbocycles. The highest BCUT2D eigenvalue weighted by Crippen LogP contribution is 2.16. The van der Waals surface area contributed by atoms with Crippen molar-refractivity contribution < 1.29 is 0 Å². The fourth-order valence-corrected chi connectivity index (χ4v) is 2.12. The van der Waals surface area contributed by atoms with E-state index >= 15 is 0 Å². The minimum atomic E-state index is 0.247. The number of guanidine groups is 1. The first-order chi connectivity index (χ1) is 9.08. The van der Waals surface area contributed by atoms with Crippen molar-refractivity contribution in [2.45, 2.75) is 32.1 Å². The molecule has 19 heavy (non-hydrogen) atoms. The van der Waals surface area contributed by atoms with Crippen molar-refractivity contribution in [3.63, 3.8) is 0 Å². The summed E-state index contributed by atoms with van der Waals surface area (Å²) in [6.45, 7) is 7.42. The molecular weight excluding hydrogens is 254 g/mol. The van der Waals surface area contributed by atoms with Gasteiger partial charge in [-0.15, -0.1) is 0 Å². The normalized spacial score (nSPS) is 14.9. The highest BCUT2D eigenvalue weighted by atomic mass is 32.2. The lowest BCUT2D eigenvalue weighted by molar-refractivity contribution is 0.680. The number of aliphatic imine (C=N–C) groups is 1. The van der Waals surface area contributed by atoms with Gasteiger partial charge >= 0.3 is 0 Å². The third-order valence-corrected chi connectivity index (χ3v) is 4.16. The molecule has 2 N–H and O–H groups in total. The molecule has 3 nitrogen and oxygen atoms in total. The van der Waals surface area contributed by atoms with Crippen LogP contribution in [-0.2, 0) is 0 Å². The van der Waals surface area contributed by atoms with Crippen LogP contribution in [0.2, 0.25) is 0 Å². The average Bonchev–Trinajstić information content (AvgIpc) is 2.43. The summed E-state index contributed by atoms with van der Waals surface area (Å²) >= 11 is 1.85. The molecule has 0 saturated carbocycles. The van der Waals surface area contributed by atoms with Crippen LogP contribution in [-0.4, -0.2) is 31.1 Å². The molecule has 0 aliphatic heterocycles. The minimum absolute atomic E-state index is 0.247. The summed E-state index contributed by atoms with van der Waals surface area (Å²) in [4.78, 5) is 4.27. The molecule has 106 valence electrons. The van der Waals surface area contributed by atoms with Gasteiger partial charge in [-0.3, -0.25) is 4.99 Å². The Morgan fingerprint density at radius 3 is 2.58 bits per heavy atom. The molecule has 0 bridgehead atoms. The van der Waals surface area contributed by atoms with Crippen molar-refractivity contribution >= 4 is 17.7 Å². The maximum Gasteiger partial charge on any atom is 0.191 e. The molecule has 0 spiro atoms. The van der Waals surface area contributed by atoms with E-state index in [0.717, 1.165) is 12.5 Å². The number of nitrogens with one attached hydrogen (secondary N) is 2. The fraction of sp³-hybridized carbons (Fsp3) is 0.533. The van der Waals surface area contributed by atoms with Crippen LogP contribution in [0.25, 0.3) is 0 Å². The lowest BCUT2D eigenvalue weighted by Crippen LogP contribution is -2.41. The van der Waals surface area contributed by atoms with E-state index in [0.29, 0.717) is 5.25 Å². The summed E-state index contributed by atoms with van der Waals surface area (Å²) in [6.07, 6.45) is 2.12. The molecule has 2 atom stereocenters. The number of nitrogens with zero attached hydrogens (tertiary/aromatic N) is 1. The van der Waals surface area contributed by atoms with Gasteiger partial charge in [-0.25, -0.2) is 0 Å². The Morgan fingerprint density at radius 2 is 2.00 bits per heavy atom. The minimum Gasteiger partial charge on any atom is -0.355 e. The van der Waals surface area contributed by atoms with Crippen LogP contribution in [0.15, 0.2) is 29.3 Å². The standard InChI is InChI=1S/C15H25N3S/c1-11-8-6-7-9-14(11)13(3)18-15(16-4)17-10-12(2)19-5/h6-9,12-13H,10H2,1-5H3,(H2,16,17,18). The van der Waals surface area contributed by atoms with E-state index in [9.17, 15) is 0 Å². The average molecular weight is 279 g/mol. The summed E-state index contributed by atoms with van der Waals surface area (Å²) in [5.41, 5.74) is 2.61. The predicted octanol–water partition coefficient (Wildman–Crippen LogP) is 2.97. The molecule has 1 aromatic carbocycles. The zero-order valence-corrected chi connectivity index (χ0v) is 13.3. The van der Waals surface area contributed by atoms with Crippen LogP contribution in [0.3, 0.4) is 0 Å². The Kier molecular flexibility index (Phi) is 6.78. The molecular formula is C15H25N3S. The van der Waals surface area contributed by atoms with Crippen LogP contribution in [0.1, 0.15) is 31.0 Å². The first-order valence-corrected chi connectivity index (χ1v) is 7.92. The van der Waals surface area contributed by atoms with E-state index in [-0.39, 0.29) is 6.04 Å². The Bertz CT molecular complexity index is 418. The zero-order chi connectivity index (χ0) is 14.3. The van der Waals surface area contributed by atoms with Crippen molar-refractivity contribution in [1.82, 2.24) is 10.6 Å². The maximum atomic E-state index is 4.27.